The van der Waals surface area contributed by atoms with Gasteiger partial charge in [0.15, 0.2) is 5.69 Å². The van der Waals surface area contributed by atoms with Crippen LogP contribution in [-0.4, -0.2) is 18.1 Å². The van der Waals surface area contributed by atoms with Crippen molar-refractivity contribution < 1.29 is 9.53 Å². The number of ether oxygens (including phenoxy) is 1. The van der Waals surface area contributed by atoms with Crippen molar-refractivity contribution in [3.05, 3.63) is 38.9 Å². The number of carbonyl (C=O) groups excluding carboxylic acids is 1. The molecule has 0 spiro atoms. The second kappa shape index (κ2) is 5.16. The molecule has 0 aliphatic heterocycles. The number of carbonyl (C=O) groups is 1. The molecule has 0 fully saturated rings. The Labute approximate surface area is 116 Å². The highest BCUT2D eigenvalue weighted by atomic mass is 79.9. The van der Waals surface area contributed by atoms with Crippen LogP contribution in [0.1, 0.15) is 10.5 Å². The van der Waals surface area contributed by atoms with Crippen molar-refractivity contribution in [3.63, 3.8) is 0 Å². The number of aromatic nitrogens is 1. The zero-order valence-electron chi connectivity index (χ0n) is 8.74. The molecule has 0 aliphatic carbocycles. The van der Waals surface area contributed by atoms with Gasteiger partial charge >= 0.3 is 5.97 Å². The van der Waals surface area contributed by atoms with Crippen LogP contribution in [0.3, 0.4) is 0 Å². The van der Waals surface area contributed by atoms with Gasteiger partial charge in [-0.1, -0.05) is 17.7 Å². The third kappa shape index (κ3) is 2.51. The molecule has 1 aromatic carbocycles. The number of methoxy groups -OCH3 is 1. The van der Waals surface area contributed by atoms with Gasteiger partial charge in [-0.15, -0.1) is 11.3 Å². The molecule has 6 heteroatoms. The van der Waals surface area contributed by atoms with Crippen LogP contribution in [0, 0.1) is 0 Å². The van der Waals surface area contributed by atoms with Crippen LogP contribution in [0.25, 0.3) is 10.4 Å². The fraction of sp³-hybridized carbons (Fsp3) is 0.0909. The average Bonchev–Trinajstić information content (AvgIpc) is 2.80. The first-order chi connectivity index (χ1) is 8.13. The molecule has 2 rings (SSSR count). The molecule has 0 amide bonds. The van der Waals surface area contributed by atoms with Crippen LogP contribution in [0.4, 0.5) is 0 Å². The molecule has 0 aliphatic rings. The van der Waals surface area contributed by atoms with E-state index in [1.807, 2.05) is 12.1 Å². The number of hydrogen-bond donors (Lipinski definition) is 0. The summed E-state index contributed by atoms with van der Waals surface area (Å²) in [6.07, 6.45) is 0. The number of nitrogens with zero attached hydrogens (tertiary/aromatic N) is 1. The molecule has 2 aromatic rings. The van der Waals surface area contributed by atoms with Crippen LogP contribution in [0.5, 0.6) is 0 Å². The molecule has 0 saturated carbocycles. The van der Waals surface area contributed by atoms with Crippen molar-refractivity contribution in [2.24, 2.45) is 0 Å². The maximum Gasteiger partial charge on any atom is 0.358 e. The van der Waals surface area contributed by atoms with E-state index in [4.69, 9.17) is 11.6 Å². The summed E-state index contributed by atoms with van der Waals surface area (Å²) in [5.41, 5.74) is 2.77. The van der Waals surface area contributed by atoms with Crippen molar-refractivity contribution in [1.82, 2.24) is 4.98 Å². The fourth-order valence-electron chi connectivity index (χ4n) is 1.33. The molecular formula is C11H7BrClNO2S. The van der Waals surface area contributed by atoms with Gasteiger partial charge in [-0.05, 0) is 33.6 Å². The minimum atomic E-state index is -0.444. The summed E-state index contributed by atoms with van der Waals surface area (Å²) in [4.78, 5) is 16.3. The van der Waals surface area contributed by atoms with Gasteiger partial charge in [0.1, 0.15) is 0 Å². The second-order valence-electron chi connectivity index (χ2n) is 3.15. The van der Waals surface area contributed by atoms with Gasteiger partial charge < -0.3 is 4.74 Å². The lowest BCUT2D eigenvalue weighted by atomic mass is 10.1. The summed E-state index contributed by atoms with van der Waals surface area (Å²) in [5.74, 6) is -0.444. The average molecular weight is 333 g/mol. The SMILES string of the molecule is COC(=O)c1ncsc1-c1ccc(Br)c(Cl)c1. The van der Waals surface area contributed by atoms with Crippen molar-refractivity contribution in [1.29, 1.82) is 0 Å². The summed E-state index contributed by atoms with van der Waals surface area (Å²) in [6, 6.07) is 5.49. The van der Waals surface area contributed by atoms with Gasteiger partial charge in [-0.25, -0.2) is 9.78 Å². The summed E-state index contributed by atoms with van der Waals surface area (Å²) < 4.78 is 5.49. The van der Waals surface area contributed by atoms with E-state index in [2.05, 4.69) is 25.7 Å². The Morgan fingerprint density at radius 3 is 2.94 bits per heavy atom. The zero-order chi connectivity index (χ0) is 12.4. The van der Waals surface area contributed by atoms with Gasteiger partial charge in [0, 0.05) is 4.47 Å². The number of esters is 1. The third-order valence-electron chi connectivity index (χ3n) is 2.13. The van der Waals surface area contributed by atoms with Crippen molar-refractivity contribution in [2.75, 3.05) is 7.11 Å². The highest BCUT2D eigenvalue weighted by Crippen LogP contribution is 2.33. The van der Waals surface area contributed by atoms with Gasteiger partial charge in [0.25, 0.3) is 0 Å². The third-order valence-corrected chi connectivity index (χ3v) is 4.24. The predicted molar refractivity (Wildman–Crippen MR) is 71.6 cm³/mol. The molecule has 0 unspecified atom stereocenters. The largest absolute Gasteiger partial charge is 0.464 e. The molecule has 0 saturated heterocycles. The lowest BCUT2D eigenvalue weighted by molar-refractivity contribution is 0.0596. The molecule has 88 valence electrons. The molecule has 1 heterocycles. The molecule has 0 radical (unpaired) electrons. The lowest BCUT2D eigenvalue weighted by Gasteiger charge is -2.03. The Morgan fingerprint density at radius 2 is 2.29 bits per heavy atom. The Bertz CT molecular complexity index is 570. The van der Waals surface area contributed by atoms with E-state index < -0.39 is 5.97 Å². The van der Waals surface area contributed by atoms with E-state index >= 15 is 0 Å². The van der Waals surface area contributed by atoms with E-state index in [0.717, 1.165) is 14.9 Å². The summed E-state index contributed by atoms with van der Waals surface area (Å²) in [5, 5.41) is 0.590. The first-order valence-electron chi connectivity index (χ1n) is 4.60. The van der Waals surface area contributed by atoms with E-state index in [9.17, 15) is 4.79 Å². The smallest absolute Gasteiger partial charge is 0.358 e. The summed E-state index contributed by atoms with van der Waals surface area (Å²) in [7, 11) is 1.33. The van der Waals surface area contributed by atoms with Crippen molar-refractivity contribution in [3.8, 4) is 10.4 Å². The van der Waals surface area contributed by atoms with Crippen LogP contribution in [-0.2, 0) is 4.74 Å². The Morgan fingerprint density at radius 1 is 1.53 bits per heavy atom. The van der Waals surface area contributed by atoms with Crippen molar-refractivity contribution in [2.45, 2.75) is 0 Å². The van der Waals surface area contributed by atoms with Gasteiger partial charge in [0.05, 0.1) is 22.5 Å². The van der Waals surface area contributed by atoms with Crippen LogP contribution < -0.4 is 0 Å². The molecule has 1 aromatic heterocycles. The van der Waals surface area contributed by atoms with Crippen molar-refractivity contribution >= 4 is 44.8 Å². The standard InChI is InChI=1S/C11H7BrClNO2S/c1-16-11(15)9-10(17-5-14-9)6-2-3-7(12)8(13)4-6/h2-5H,1H3. The molecule has 0 bridgehead atoms. The topological polar surface area (TPSA) is 39.2 Å². The zero-order valence-corrected chi connectivity index (χ0v) is 11.9. The van der Waals surface area contributed by atoms with Gasteiger partial charge in [-0.3, -0.25) is 0 Å². The molecule has 0 N–H and O–H groups in total. The number of rotatable bonds is 2. The molecule has 17 heavy (non-hydrogen) atoms. The Balaban J connectivity index is 2.50. The highest BCUT2D eigenvalue weighted by molar-refractivity contribution is 9.10. The van der Waals surface area contributed by atoms with Gasteiger partial charge in [0.2, 0.25) is 0 Å². The molecule has 0 atom stereocenters. The summed E-state index contributed by atoms with van der Waals surface area (Å²) >= 11 is 10.7. The van der Waals surface area contributed by atoms with E-state index in [-0.39, 0.29) is 0 Å². The summed E-state index contributed by atoms with van der Waals surface area (Å²) in [6.45, 7) is 0. The molecular weight excluding hydrogens is 326 g/mol. The Hall–Kier alpha value is -0.910. The van der Waals surface area contributed by atoms with E-state index in [1.54, 1.807) is 11.6 Å². The first-order valence-corrected chi connectivity index (χ1v) is 6.65. The van der Waals surface area contributed by atoms with E-state index in [0.29, 0.717) is 10.7 Å². The quantitative estimate of drug-likeness (QED) is 0.780. The lowest BCUT2D eigenvalue weighted by Crippen LogP contribution is -2.02. The van der Waals surface area contributed by atoms with Crippen LogP contribution in [0.2, 0.25) is 5.02 Å². The monoisotopic (exact) mass is 331 g/mol. The number of thiazole rings is 1. The van der Waals surface area contributed by atoms with Gasteiger partial charge in [-0.2, -0.15) is 0 Å². The first kappa shape index (κ1) is 12.5. The maximum absolute atomic E-state index is 11.5. The predicted octanol–water partition coefficient (Wildman–Crippen LogP) is 4.01. The van der Waals surface area contributed by atoms with Crippen LogP contribution >= 0.6 is 38.9 Å². The minimum Gasteiger partial charge on any atom is -0.464 e. The normalized spacial score (nSPS) is 10.3. The highest BCUT2D eigenvalue weighted by Gasteiger charge is 2.17. The number of benzene rings is 1. The van der Waals surface area contributed by atoms with Crippen LogP contribution in [0.15, 0.2) is 28.2 Å². The minimum absolute atomic E-state index is 0.316. The maximum atomic E-state index is 11.5. The second-order valence-corrected chi connectivity index (χ2v) is 5.27. The fourth-order valence-corrected chi connectivity index (χ4v) is 2.53. The molecule has 3 nitrogen and oxygen atoms in total. The Kier molecular flexibility index (Phi) is 3.81. The number of hydrogen-bond acceptors (Lipinski definition) is 4. The number of halogens is 2. The van der Waals surface area contributed by atoms with E-state index in [1.165, 1.54) is 18.4 Å².